The van der Waals surface area contributed by atoms with E-state index in [2.05, 4.69) is 0 Å². The monoisotopic (exact) mass is 213 g/mol. The highest BCUT2D eigenvalue weighted by atomic mass is 35.5. The van der Waals surface area contributed by atoms with E-state index in [4.69, 9.17) is 27.9 Å². The Morgan fingerprint density at radius 2 is 1.92 bits per heavy atom. The van der Waals surface area contributed by atoms with Crippen molar-refractivity contribution in [2.45, 2.75) is 17.5 Å². The standard InChI is InChI=1S/C7H13Cl2NO2/c1-7(8,9)6(11)10-2-4-12-5-3-10/h6,11H,2-5H2,1H3. The average Bonchev–Trinajstić information content (AvgIpc) is 2.03. The van der Waals surface area contributed by atoms with Crippen LogP contribution < -0.4 is 0 Å². The number of aliphatic hydroxyl groups is 1. The van der Waals surface area contributed by atoms with Crippen LogP contribution in [-0.4, -0.2) is 46.9 Å². The Hall–Kier alpha value is 0.460. The zero-order valence-corrected chi connectivity index (χ0v) is 8.48. The van der Waals surface area contributed by atoms with E-state index in [9.17, 15) is 5.11 Å². The van der Waals surface area contributed by atoms with Crippen molar-refractivity contribution in [3.05, 3.63) is 0 Å². The third-order valence-corrected chi connectivity index (χ3v) is 2.24. The number of morpholine rings is 1. The predicted octanol–water partition coefficient (Wildman–Crippen LogP) is 0.831. The largest absolute Gasteiger partial charge is 0.379 e. The maximum atomic E-state index is 9.62. The predicted molar refractivity (Wildman–Crippen MR) is 48.5 cm³/mol. The second kappa shape index (κ2) is 4.11. The van der Waals surface area contributed by atoms with Crippen molar-refractivity contribution in [3.63, 3.8) is 0 Å². The molecule has 1 fully saturated rings. The van der Waals surface area contributed by atoms with Crippen LogP contribution in [0.3, 0.4) is 0 Å². The van der Waals surface area contributed by atoms with Crippen LogP contribution in [-0.2, 0) is 4.74 Å². The van der Waals surface area contributed by atoms with Crippen LogP contribution in [0.5, 0.6) is 0 Å². The summed E-state index contributed by atoms with van der Waals surface area (Å²) in [6.07, 6.45) is -0.815. The molecule has 1 aliphatic heterocycles. The summed E-state index contributed by atoms with van der Waals surface area (Å²) in [7, 11) is 0. The van der Waals surface area contributed by atoms with Crippen LogP contribution >= 0.6 is 23.2 Å². The van der Waals surface area contributed by atoms with Gasteiger partial charge in [-0.2, -0.15) is 0 Å². The van der Waals surface area contributed by atoms with Gasteiger partial charge in [0.15, 0.2) is 4.33 Å². The topological polar surface area (TPSA) is 32.7 Å². The number of aliphatic hydroxyl groups excluding tert-OH is 1. The van der Waals surface area contributed by atoms with E-state index < -0.39 is 10.6 Å². The highest BCUT2D eigenvalue weighted by molar-refractivity contribution is 6.48. The van der Waals surface area contributed by atoms with Gasteiger partial charge >= 0.3 is 0 Å². The van der Waals surface area contributed by atoms with Gasteiger partial charge in [-0.15, -0.1) is 0 Å². The highest BCUT2D eigenvalue weighted by Gasteiger charge is 2.33. The number of hydrogen-bond donors (Lipinski definition) is 1. The van der Waals surface area contributed by atoms with Gasteiger partial charge < -0.3 is 9.84 Å². The molecule has 0 aromatic heterocycles. The summed E-state index contributed by atoms with van der Waals surface area (Å²) in [5.74, 6) is 0. The van der Waals surface area contributed by atoms with Crippen molar-refractivity contribution >= 4 is 23.2 Å². The Labute approximate surface area is 82.2 Å². The molecule has 0 amide bonds. The van der Waals surface area contributed by atoms with E-state index in [-0.39, 0.29) is 0 Å². The number of hydrogen-bond acceptors (Lipinski definition) is 3. The zero-order chi connectivity index (χ0) is 9.19. The molecular weight excluding hydrogens is 201 g/mol. The van der Waals surface area contributed by atoms with E-state index in [1.165, 1.54) is 0 Å². The molecule has 1 aliphatic rings. The van der Waals surface area contributed by atoms with Crippen LogP contribution in [0.2, 0.25) is 0 Å². The molecule has 1 saturated heterocycles. The molecule has 1 rings (SSSR count). The van der Waals surface area contributed by atoms with Crippen LogP contribution in [0.15, 0.2) is 0 Å². The van der Waals surface area contributed by atoms with Crippen LogP contribution in [0, 0.1) is 0 Å². The minimum Gasteiger partial charge on any atom is -0.379 e. The minimum absolute atomic E-state index is 0.626. The molecule has 0 bridgehead atoms. The molecule has 1 heterocycles. The number of halogens is 2. The molecule has 0 radical (unpaired) electrons. The molecule has 3 nitrogen and oxygen atoms in total. The summed E-state index contributed by atoms with van der Waals surface area (Å²) in [4.78, 5) is 1.81. The third-order valence-electron chi connectivity index (χ3n) is 1.84. The fraction of sp³-hybridized carbons (Fsp3) is 1.00. The number of alkyl halides is 2. The third kappa shape index (κ3) is 2.75. The summed E-state index contributed by atoms with van der Waals surface area (Å²) < 4.78 is 4.01. The molecule has 0 aliphatic carbocycles. The van der Waals surface area contributed by atoms with Gasteiger partial charge in [0.05, 0.1) is 13.2 Å². The first-order valence-electron chi connectivity index (χ1n) is 3.89. The molecule has 5 heteroatoms. The molecular formula is C7H13Cl2NO2. The van der Waals surface area contributed by atoms with Gasteiger partial charge in [0.25, 0.3) is 0 Å². The summed E-state index contributed by atoms with van der Waals surface area (Å²) >= 11 is 11.5. The van der Waals surface area contributed by atoms with Crippen LogP contribution in [0.4, 0.5) is 0 Å². The van der Waals surface area contributed by atoms with E-state index in [0.29, 0.717) is 26.3 Å². The normalized spacial score (nSPS) is 24.0. The number of nitrogens with zero attached hydrogens (tertiary/aromatic N) is 1. The van der Waals surface area contributed by atoms with Crippen molar-refractivity contribution in [2.24, 2.45) is 0 Å². The Morgan fingerprint density at radius 3 is 2.33 bits per heavy atom. The molecule has 1 atom stereocenters. The fourth-order valence-corrected chi connectivity index (χ4v) is 1.42. The molecule has 72 valence electrons. The summed E-state index contributed by atoms with van der Waals surface area (Å²) in [5, 5.41) is 9.62. The van der Waals surface area contributed by atoms with Crippen LogP contribution in [0.1, 0.15) is 6.92 Å². The molecule has 1 N–H and O–H groups in total. The smallest absolute Gasteiger partial charge is 0.154 e. The lowest BCUT2D eigenvalue weighted by molar-refractivity contribution is -0.0631. The van der Waals surface area contributed by atoms with Gasteiger partial charge in [0.1, 0.15) is 6.23 Å². The van der Waals surface area contributed by atoms with E-state index in [1.807, 2.05) is 4.90 Å². The second-order valence-corrected chi connectivity index (χ2v) is 4.74. The van der Waals surface area contributed by atoms with Gasteiger partial charge in [-0.3, -0.25) is 4.90 Å². The Kier molecular flexibility index (Phi) is 3.61. The van der Waals surface area contributed by atoms with Crippen molar-refractivity contribution in [1.29, 1.82) is 0 Å². The number of rotatable bonds is 2. The maximum absolute atomic E-state index is 9.62. The van der Waals surface area contributed by atoms with Crippen molar-refractivity contribution in [1.82, 2.24) is 4.90 Å². The summed E-state index contributed by atoms with van der Waals surface area (Å²) in [6, 6.07) is 0. The lowest BCUT2D eigenvalue weighted by Crippen LogP contribution is -2.50. The first-order chi connectivity index (χ1) is 5.52. The van der Waals surface area contributed by atoms with E-state index in [0.717, 1.165) is 0 Å². The first kappa shape index (κ1) is 10.5. The molecule has 0 aromatic rings. The van der Waals surface area contributed by atoms with Gasteiger partial charge in [-0.1, -0.05) is 23.2 Å². The van der Waals surface area contributed by atoms with E-state index in [1.54, 1.807) is 6.92 Å². The molecule has 0 spiro atoms. The van der Waals surface area contributed by atoms with Gasteiger partial charge in [0, 0.05) is 13.1 Å². The Morgan fingerprint density at radius 1 is 1.42 bits per heavy atom. The van der Waals surface area contributed by atoms with Gasteiger partial charge in [-0.05, 0) is 6.92 Å². The number of ether oxygens (including phenoxy) is 1. The SMILES string of the molecule is CC(Cl)(Cl)C(O)N1CCOCC1. The second-order valence-electron chi connectivity index (χ2n) is 2.98. The Bertz CT molecular complexity index is 143. The van der Waals surface area contributed by atoms with Crippen LogP contribution in [0.25, 0.3) is 0 Å². The van der Waals surface area contributed by atoms with Crippen molar-refractivity contribution < 1.29 is 9.84 Å². The van der Waals surface area contributed by atoms with Gasteiger partial charge in [-0.25, -0.2) is 0 Å². The molecule has 0 aromatic carbocycles. The zero-order valence-electron chi connectivity index (χ0n) is 6.96. The van der Waals surface area contributed by atoms with Gasteiger partial charge in [0.2, 0.25) is 0 Å². The molecule has 1 unspecified atom stereocenters. The fourth-order valence-electron chi connectivity index (χ4n) is 1.14. The molecule has 0 saturated carbocycles. The lowest BCUT2D eigenvalue weighted by Gasteiger charge is -2.35. The summed E-state index contributed by atoms with van der Waals surface area (Å²) in [6.45, 7) is 4.18. The minimum atomic E-state index is -1.11. The molecule has 12 heavy (non-hydrogen) atoms. The van der Waals surface area contributed by atoms with Crippen molar-refractivity contribution in [2.75, 3.05) is 26.3 Å². The maximum Gasteiger partial charge on any atom is 0.154 e. The highest BCUT2D eigenvalue weighted by Crippen LogP contribution is 2.26. The lowest BCUT2D eigenvalue weighted by atomic mass is 10.3. The van der Waals surface area contributed by atoms with Crippen molar-refractivity contribution in [3.8, 4) is 0 Å². The Balaban J connectivity index is 2.45. The summed E-state index contributed by atoms with van der Waals surface area (Å²) in [5.41, 5.74) is 0. The first-order valence-corrected chi connectivity index (χ1v) is 4.65. The van der Waals surface area contributed by atoms with E-state index >= 15 is 0 Å². The quantitative estimate of drug-likeness (QED) is 0.691. The average molecular weight is 214 g/mol.